The highest BCUT2D eigenvalue weighted by Gasteiger charge is 2.24. The molecular formula is C13H21FN2O. The van der Waals surface area contributed by atoms with E-state index in [1.807, 2.05) is 6.92 Å². The first-order chi connectivity index (χ1) is 8.24. The Morgan fingerprint density at radius 2 is 2.06 bits per heavy atom. The molecule has 17 heavy (non-hydrogen) atoms. The van der Waals surface area contributed by atoms with Crippen molar-refractivity contribution in [3.05, 3.63) is 35.6 Å². The SMILES string of the molecule is CCCC(OCC)C(NN)c1ccccc1F. The third kappa shape index (κ3) is 3.77. The lowest BCUT2D eigenvalue weighted by molar-refractivity contribution is 0.0267. The molecule has 0 spiro atoms. The van der Waals surface area contributed by atoms with E-state index in [0.717, 1.165) is 12.8 Å². The van der Waals surface area contributed by atoms with E-state index in [0.29, 0.717) is 12.2 Å². The molecule has 3 N–H and O–H groups in total. The van der Waals surface area contributed by atoms with E-state index in [4.69, 9.17) is 10.6 Å². The monoisotopic (exact) mass is 240 g/mol. The van der Waals surface area contributed by atoms with Gasteiger partial charge in [-0.25, -0.2) is 4.39 Å². The number of rotatable bonds is 7. The molecule has 0 aliphatic rings. The van der Waals surface area contributed by atoms with Gasteiger partial charge in [0.25, 0.3) is 0 Å². The van der Waals surface area contributed by atoms with Crippen LogP contribution < -0.4 is 11.3 Å². The van der Waals surface area contributed by atoms with E-state index in [2.05, 4.69) is 12.3 Å². The summed E-state index contributed by atoms with van der Waals surface area (Å²) in [5.41, 5.74) is 3.22. The summed E-state index contributed by atoms with van der Waals surface area (Å²) in [5, 5.41) is 0. The predicted octanol–water partition coefficient (Wildman–Crippen LogP) is 2.54. The molecule has 0 radical (unpaired) electrons. The van der Waals surface area contributed by atoms with Crippen LogP contribution in [0.2, 0.25) is 0 Å². The minimum absolute atomic E-state index is 0.105. The summed E-state index contributed by atoms with van der Waals surface area (Å²) in [6.07, 6.45) is 1.71. The third-order valence-corrected chi connectivity index (χ3v) is 2.75. The second kappa shape index (κ2) is 7.37. The molecule has 0 fully saturated rings. The molecule has 3 nitrogen and oxygen atoms in total. The first kappa shape index (κ1) is 14.1. The fraction of sp³-hybridized carbons (Fsp3) is 0.538. The number of halogens is 1. The minimum atomic E-state index is -0.309. The van der Waals surface area contributed by atoms with Crippen molar-refractivity contribution in [3.8, 4) is 0 Å². The molecule has 96 valence electrons. The van der Waals surface area contributed by atoms with Crippen LogP contribution in [-0.4, -0.2) is 12.7 Å². The van der Waals surface area contributed by atoms with Gasteiger partial charge in [-0.1, -0.05) is 31.5 Å². The smallest absolute Gasteiger partial charge is 0.128 e. The maximum Gasteiger partial charge on any atom is 0.128 e. The summed E-state index contributed by atoms with van der Waals surface area (Å²) in [4.78, 5) is 0. The largest absolute Gasteiger partial charge is 0.376 e. The molecule has 1 aromatic rings. The number of nitrogens with one attached hydrogen (secondary N) is 1. The van der Waals surface area contributed by atoms with Crippen molar-refractivity contribution < 1.29 is 9.13 Å². The van der Waals surface area contributed by atoms with Crippen LogP contribution in [0.4, 0.5) is 4.39 Å². The van der Waals surface area contributed by atoms with E-state index in [1.165, 1.54) is 6.07 Å². The lowest BCUT2D eigenvalue weighted by Gasteiger charge is -2.26. The third-order valence-electron chi connectivity index (χ3n) is 2.75. The van der Waals surface area contributed by atoms with Gasteiger partial charge in [0.05, 0.1) is 12.1 Å². The average Bonchev–Trinajstić information content (AvgIpc) is 2.33. The number of benzene rings is 1. The topological polar surface area (TPSA) is 47.3 Å². The van der Waals surface area contributed by atoms with E-state index < -0.39 is 0 Å². The zero-order valence-corrected chi connectivity index (χ0v) is 10.4. The Morgan fingerprint density at radius 1 is 1.35 bits per heavy atom. The van der Waals surface area contributed by atoms with Gasteiger partial charge in [0, 0.05) is 12.2 Å². The van der Waals surface area contributed by atoms with Gasteiger partial charge in [0.1, 0.15) is 5.82 Å². The van der Waals surface area contributed by atoms with Crippen molar-refractivity contribution in [3.63, 3.8) is 0 Å². The van der Waals surface area contributed by atoms with Crippen molar-refractivity contribution in [1.29, 1.82) is 0 Å². The summed E-state index contributed by atoms with van der Waals surface area (Å²) in [5.74, 6) is 5.29. The second-order valence-corrected chi connectivity index (χ2v) is 3.95. The molecule has 2 atom stereocenters. The summed E-state index contributed by atoms with van der Waals surface area (Å²) in [6.45, 7) is 4.59. The quantitative estimate of drug-likeness (QED) is 0.568. The van der Waals surface area contributed by atoms with E-state index in [9.17, 15) is 4.39 Å². The number of hydrogen-bond acceptors (Lipinski definition) is 3. The molecule has 0 aliphatic carbocycles. The van der Waals surface area contributed by atoms with Crippen LogP contribution >= 0.6 is 0 Å². The summed E-state index contributed by atoms with van der Waals surface area (Å²) >= 11 is 0. The first-order valence-corrected chi connectivity index (χ1v) is 6.06. The average molecular weight is 240 g/mol. The van der Waals surface area contributed by atoms with Crippen molar-refractivity contribution in [2.24, 2.45) is 5.84 Å². The Morgan fingerprint density at radius 3 is 2.59 bits per heavy atom. The second-order valence-electron chi connectivity index (χ2n) is 3.95. The van der Waals surface area contributed by atoms with Gasteiger partial charge in [-0.15, -0.1) is 0 Å². The highest BCUT2D eigenvalue weighted by Crippen LogP contribution is 2.24. The highest BCUT2D eigenvalue weighted by molar-refractivity contribution is 5.22. The number of hydrazine groups is 1. The molecule has 2 unspecified atom stereocenters. The fourth-order valence-corrected chi connectivity index (χ4v) is 1.97. The van der Waals surface area contributed by atoms with Crippen LogP contribution in [0.1, 0.15) is 38.3 Å². The molecule has 0 aromatic heterocycles. The predicted molar refractivity (Wildman–Crippen MR) is 66.8 cm³/mol. The van der Waals surface area contributed by atoms with Gasteiger partial charge in [-0.2, -0.15) is 0 Å². The molecule has 0 bridgehead atoms. The van der Waals surface area contributed by atoms with Crippen LogP contribution in [0, 0.1) is 5.82 Å². The molecule has 1 rings (SSSR count). The van der Waals surface area contributed by atoms with Crippen LogP contribution in [0.15, 0.2) is 24.3 Å². The number of nitrogens with two attached hydrogens (primary N) is 1. The van der Waals surface area contributed by atoms with E-state index in [-0.39, 0.29) is 18.0 Å². The minimum Gasteiger partial charge on any atom is -0.376 e. The van der Waals surface area contributed by atoms with Gasteiger partial charge in [0.2, 0.25) is 0 Å². The molecular weight excluding hydrogens is 219 g/mol. The lowest BCUT2D eigenvalue weighted by atomic mass is 9.98. The number of ether oxygens (including phenoxy) is 1. The Bertz CT molecular complexity index is 327. The van der Waals surface area contributed by atoms with Gasteiger partial charge < -0.3 is 4.74 Å². The summed E-state index contributed by atoms with van der Waals surface area (Å²) < 4.78 is 19.4. The molecule has 0 saturated heterocycles. The van der Waals surface area contributed by atoms with Crippen LogP contribution in [0.5, 0.6) is 0 Å². The van der Waals surface area contributed by atoms with Gasteiger partial charge in [-0.05, 0) is 19.4 Å². The molecule has 0 amide bonds. The Kier molecular flexibility index (Phi) is 6.11. The van der Waals surface area contributed by atoms with E-state index in [1.54, 1.807) is 18.2 Å². The molecule has 0 heterocycles. The normalized spacial score (nSPS) is 14.6. The summed E-state index contributed by atoms with van der Waals surface area (Å²) in [7, 11) is 0. The van der Waals surface area contributed by atoms with Gasteiger partial charge in [0.15, 0.2) is 0 Å². The van der Waals surface area contributed by atoms with Crippen LogP contribution in [0.25, 0.3) is 0 Å². The van der Waals surface area contributed by atoms with Gasteiger partial charge >= 0.3 is 0 Å². The van der Waals surface area contributed by atoms with Gasteiger partial charge in [-0.3, -0.25) is 11.3 Å². The van der Waals surface area contributed by atoms with Crippen LogP contribution in [-0.2, 0) is 4.74 Å². The standard InChI is InChI=1S/C13H21FN2O/c1-3-7-12(17-4-2)13(16-15)10-8-5-6-9-11(10)14/h5-6,8-9,12-13,16H,3-4,7,15H2,1-2H3. The molecule has 4 heteroatoms. The maximum absolute atomic E-state index is 13.7. The Hall–Kier alpha value is -0.970. The van der Waals surface area contributed by atoms with Crippen molar-refractivity contribution in [2.45, 2.75) is 38.8 Å². The van der Waals surface area contributed by atoms with Crippen molar-refractivity contribution in [2.75, 3.05) is 6.61 Å². The fourth-order valence-electron chi connectivity index (χ4n) is 1.97. The zero-order valence-electron chi connectivity index (χ0n) is 10.4. The maximum atomic E-state index is 13.7. The first-order valence-electron chi connectivity index (χ1n) is 6.06. The molecule has 1 aromatic carbocycles. The van der Waals surface area contributed by atoms with E-state index >= 15 is 0 Å². The van der Waals surface area contributed by atoms with Crippen LogP contribution in [0.3, 0.4) is 0 Å². The summed E-state index contributed by atoms with van der Waals surface area (Å²) in [6, 6.07) is 6.34. The lowest BCUT2D eigenvalue weighted by Crippen LogP contribution is -2.38. The van der Waals surface area contributed by atoms with Crippen molar-refractivity contribution in [1.82, 2.24) is 5.43 Å². The zero-order chi connectivity index (χ0) is 12.7. The molecule has 0 aliphatic heterocycles. The Balaban J connectivity index is 2.91. The molecule has 0 saturated carbocycles. The van der Waals surface area contributed by atoms with Crippen molar-refractivity contribution >= 4 is 0 Å². The number of hydrogen-bond donors (Lipinski definition) is 2. The Labute approximate surface area is 102 Å². The highest BCUT2D eigenvalue weighted by atomic mass is 19.1.